The normalized spacial score (nSPS) is 10.7. The number of thioether (sulfide) groups is 1. The predicted molar refractivity (Wildman–Crippen MR) is 91.9 cm³/mol. The number of halogens is 1. The Balaban J connectivity index is 2.63. The monoisotopic (exact) mass is 343 g/mol. The minimum absolute atomic E-state index is 0.00282. The largest absolute Gasteiger partial charge is 0.369 e. The fourth-order valence-corrected chi connectivity index (χ4v) is 2.54. The Morgan fingerprint density at radius 2 is 1.77 bits per heavy atom. The van der Waals surface area contributed by atoms with E-state index in [2.05, 4.69) is 0 Å². The number of benzene rings is 1. The quantitative estimate of drug-likeness (QED) is 0.737. The Labute approximate surface area is 140 Å². The number of nitrogens with zero attached hydrogens (tertiary/aromatic N) is 2. The highest BCUT2D eigenvalue weighted by atomic mass is 35.5. The zero-order valence-corrected chi connectivity index (χ0v) is 14.5. The summed E-state index contributed by atoms with van der Waals surface area (Å²) < 4.78 is 0. The summed E-state index contributed by atoms with van der Waals surface area (Å²) in [6.45, 7) is 1.94. The zero-order chi connectivity index (χ0) is 16.5. The van der Waals surface area contributed by atoms with Crippen LogP contribution in [-0.2, 0) is 16.1 Å². The number of primary amides is 1. The molecule has 7 heteroatoms. The molecular weight excluding hydrogens is 322 g/mol. The van der Waals surface area contributed by atoms with Crippen LogP contribution in [0, 0.1) is 0 Å². The van der Waals surface area contributed by atoms with Crippen molar-refractivity contribution >= 4 is 35.2 Å². The van der Waals surface area contributed by atoms with Crippen LogP contribution in [0.15, 0.2) is 24.3 Å². The molecule has 22 heavy (non-hydrogen) atoms. The molecule has 0 saturated heterocycles. The lowest BCUT2D eigenvalue weighted by Crippen LogP contribution is -2.37. The molecule has 2 amide bonds. The van der Waals surface area contributed by atoms with Crippen molar-refractivity contribution in [2.75, 3.05) is 38.7 Å². The van der Waals surface area contributed by atoms with Crippen molar-refractivity contribution in [2.45, 2.75) is 6.54 Å². The molecule has 0 aliphatic carbocycles. The molecule has 0 bridgehead atoms. The van der Waals surface area contributed by atoms with Gasteiger partial charge >= 0.3 is 0 Å². The van der Waals surface area contributed by atoms with Gasteiger partial charge in [0.2, 0.25) is 11.8 Å². The van der Waals surface area contributed by atoms with Crippen LogP contribution in [0.3, 0.4) is 0 Å². The van der Waals surface area contributed by atoms with Gasteiger partial charge in [-0.3, -0.25) is 9.59 Å². The van der Waals surface area contributed by atoms with Crippen LogP contribution in [0.1, 0.15) is 5.56 Å². The van der Waals surface area contributed by atoms with Gasteiger partial charge in [0, 0.05) is 24.7 Å². The predicted octanol–water partition coefficient (Wildman–Crippen LogP) is 1.45. The van der Waals surface area contributed by atoms with E-state index in [0.29, 0.717) is 18.1 Å². The highest BCUT2D eigenvalue weighted by Gasteiger charge is 2.14. The fraction of sp³-hybridized carbons (Fsp3) is 0.467. The molecule has 0 heterocycles. The molecule has 0 spiro atoms. The number of amides is 2. The highest BCUT2D eigenvalue weighted by Crippen LogP contribution is 2.12. The van der Waals surface area contributed by atoms with Crippen molar-refractivity contribution in [1.29, 1.82) is 0 Å². The van der Waals surface area contributed by atoms with Gasteiger partial charge < -0.3 is 15.5 Å². The Kier molecular flexibility index (Phi) is 8.30. The van der Waals surface area contributed by atoms with Gasteiger partial charge in [0.05, 0.1) is 11.5 Å². The fourth-order valence-electron chi connectivity index (χ4n) is 1.75. The average Bonchev–Trinajstić information content (AvgIpc) is 2.44. The lowest BCUT2D eigenvalue weighted by Gasteiger charge is -2.24. The molecule has 0 radical (unpaired) electrons. The summed E-state index contributed by atoms with van der Waals surface area (Å²) in [6.07, 6.45) is 0. The summed E-state index contributed by atoms with van der Waals surface area (Å²) in [6, 6.07) is 7.45. The molecule has 0 atom stereocenters. The molecule has 1 aromatic rings. The molecule has 0 saturated carbocycles. The van der Waals surface area contributed by atoms with Gasteiger partial charge in [-0.1, -0.05) is 23.7 Å². The first-order valence-electron chi connectivity index (χ1n) is 6.91. The molecule has 2 N–H and O–H groups in total. The summed E-state index contributed by atoms with van der Waals surface area (Å²) >= 11 is 7.12. The van der Waals surface area contributed by atoms with E-state index >= 15 is 0 Å². The number of hydrogen-bond donors (Lipinski definition) is 1. The van der Waals surface area contributed by atoms with Crippen LogP contribution >= 0.6 is 23.4 Å². The maximum atomic E-state index is 12.3. The number of likely N-dealkylation sites (N-methyl/N-ethyl adjacent to an activating group) is 1. The summed E-state index contributed by atoms with van der Waals surface area (Å²) in [5.74, 6) is 0.0106. The lowest BCUT2D eigenvalue weighted by molar-refractivity contribution is -0.129. The van der Waals surface area contributed by atoms with Gasteiger partial charge in [0.1, 0.15) is 0 Å². The number of rotatable bonds is 9. The van der Waals surface area contributed by atoms with Crippen molar-refractivity contribution in [1.82, 2.24) is 9.80 Å². The molecule has 1 rings (SSSR count). The van der Waals surface area contributed by atoms with Crippen LogP contribution in [0.25, 0.3) is 0 Å². The molecule has 5 nitrogen and oxygen atoms in total. The van der Waals surface area contributed by atoms with E-state index in [-0.39, 0.29) is 17.4 Å². The number of nitrogens with two attached hydrogens (primary N) is 1. The average molecular weight is 344 g/mol. The van der Waals surface area contributed by atoms with E-state index in [0.717, 1.165) is 12.1 Å². The lowest BCUT2D eigenvalue weighted by atomic mass is 10.2. The SMILES string of the molecule is CN(C)CCN(Cc1ccc(Cl)cc1)C(=O)CSCC(N)=O. The first-order valence-corrected chi connectivity index (χ1v) is 8.44. The molecule has 122 valence electrons. The van der Waals surface area contributed by atoms with Crippen molar-refractivity contribution in [3.05, 3.63) is 34.9 Å². The second-order valence-electron chi connectivity index (χ2n) is 5.20. The zero-order valence-electron chi connectivity index (χ0n) is 12.9. The Morgan fingerprint density at radius 3 is 2.32 bits per heavy atom. The van der Waals surface area contributed by atoms with Gasteiger partial charge in [-0.05, 0) is 31.8 Å². The minimum atomic E-state index is -0.407. The van der Waals surface area contributed by atoms with Crippen molar-refractivity contribution < 1.29 is 9.59 Å². The Hall–Kier alpha value is -1.24. The maximum absolute atomic E-state index is 12.3. The summed E-state index contributed by atoms with van der Waals surface area (Å²) in [7, 11) is 3.93. The van der Waals surface area contributed by atoms with Crippen LogP contribution in [-0.4, -0.2) is 60.3 Å². The number of hydrogen-bond acceptors (Lipinski definition) is 4. The van der Waals surface area contributed by atoms with Gasteiger partial charge in [-0.2, -0.15) is 0 Å². The molecular formula is C15H22ClN3O2S. The summed E-state index contributed by atoms with van der Waals surface area (Å²) in [5.41, 5.74) is 6.11. The molecule has 0 aromatic heterocycles. The van der Waals surface area contributed by atoms with E-state index in [9.17, 15) is 9.59 Å². The molecule has 0 aliphatic heterocycles. The van der Waals surface area contributed by atoms with E-state index < -0.39 is 5.91 Å². The van der Waals surface area contributed by atoms with Gasteiger partial charge in [-0.15, -0.1) is 11.8 Å². The Bertz CT molecular complexity index is 494. The second-order valence-corrected chi connectivity index (χ2v) is 6.63. The van der Waals surface area contributed by atoms with E-state index in [1.54, 1.807) is 4.90 Å². The summed E-state index contributed by atoms with van der Waals surface area (Å²) in [5, 5.41) is 0.673. The van der Waals surface area contributed by atoms with E-state index in [1.807, 2.05) is 43.3 Å². The third kappa shape index (κ3) is 7.68. The number of carbonyl (C=O) groups excluding carboxylic acids is 2. The van der Waals surface area contributed by atoms with Crippen LogP contribution in [0.2, 0.25) is 5.02 Å². The molecule has 1 aromatic carbocycles. The summed E-state index contributed by atoms with van der Waals surface area (Å²) in [4.78, 5) is 26.9. The molecule has 0 aliphatic rings. The van der Waals surface area contributed by atoms with Gasteiger partial charge in [0.15, 0.2) is 0 Å². The van der Waals surface area contributed by atoms with Gasteiger partial charge in [0.25, 0.3) is 0 Å². The highest BCUT2D eigenvalue weighted by molar-refractivity contribution is 8.00. The van der Waals surface area contributed by atoms with Crippen LogP contribution in [0.4, 0.5) is 0 Å². The molecule has 0 unspecified atom stereocenters. The second kappa shape index (κ2) is 9.71. The maximum Gasteiger partial charge on any atom is 0.232 e. The Morgan fingerprint density at radius 1 is 1.14 bits per heavy atom. The third-order valence-corrected chi connectivity index (χ3v) is 4.12. The molecule has 0 fully saturated rings. The smallest absolute Gasteiger partial charge is 0.232 e. The third-order valence-electron chi connectivity index (χ3n) is 2.93. The van der Waals surface area contributed by atoms with Gasteiger partial charge in [-0.25, -0.2) is 0 Å². The van der Waals surface area contributed by atoms with Crippen LogP contribution < -0.4 is 5.73 Å². The van der Waals surface area contributed by atoms with Crippen molar-refractivity contribution in [3.8, 4) is 0 Å². The first kappa shape index (κ1) is 18.8. The van der Waals surface area contributed by atoms with E-state index in [1.165, 1.54) is 11.8 Å². The van der Waals surface area contributed by atoms with Crippen molar-refractivity contribution in [3.63, 3.8) is 0 Å². The van der Waals surface area contributed by atoms with Crippen molar-refractivity contribution in [2.24, 2.45) is 5.73 Å². The number of carbonyl (C=O) groups is 2. The topological polar surface area (TPSA) is 66.6 Å². The minimum Gasteiger partial charge on any atom is -0.369 e. The first-order chi connectivity index (χ1) is 10.4. The standard InChI is InChI=1S/C15H22ClN3O2S/c1-18(2)7-8-19(15(21)11-22-10-14(17)20)9-12-3-5-13(16)6-4-12/h3-6H,7-11H2,1-2H3,(H2,17,20). The van der Waals surface area contributed by atoms with Crippen LogP contribution in [0.5, 0.6) is 0 Å². The van der Waals surface area contributed by atoms with E-state index in [4.69, 9.17) is 17.3 Å².